The van der Waals surface area contributed by atoms with E-state index in [4.69, 9.17) is 5.73 Å². The van der Waals surface area contributed by atoms with E-state index in [-0.39, 0.29) is 12.3 Å². The molecular weight excluding hydrogens is 406 g/mol. The van der Waals surface area contributed by atoms with Crippen LogP contribution in [0.1, 0.15) is 6.92 Å². The third-order valence-electron chi connectivity index (χ3n) is 1.79. The first kappa shape index (κ1) is 16.1. The number of amides is 1. The Kier molecular flexibility index (Phi) is 5.44. The van der Waals surface area contributed by atoms with Crippen LogP contribution in [-0.2, 0) is 14.9 Å². The zero-order chi connectivity index (χ0) is 14.6. The van der Waals surface area contributed by atoms with Crippen LogP contribution in [0.4, 0.5) is 16.2 Å². The predicted octanol–water partition coefficient (Wildman–Crippen LogP) is 2.20. The van der Waals surface area contributed by atoms with E-state index in [1.54, 1.807) is 11.6 Å². The fourth-order valence-electron chi connectivity index (χ4n) is 1.12. The van der Waals surface area contributed by atoms with E-state index >= 15 is 0 Å². The van der Waals surface area contributed by atoms with Crippen LogP contribution in [0.2, 0.25) is 0 Å². The average molecular weight is 417 g/mol. The van der Waals surface area contributed by atoms with Gasteiger partial charge < -0.3 is 10.5 Å². The number of ether oxygens (including phenoxy) is 1. The molecule has 0 heterocycles. The summed E-state index contributed by atoms with van der Waals surface area (Å²) in [7, 11) is -4.09. The number of rotatable bonds is 4. The van der Waals surface area contributed by atoms with Gasteiger partial charge in [-0.1, -0.05) is 0 Å². The van der Waals surface area contributed by atoms with Crippen molar-refractivity contribution in [3.63, 3.8) is 0 Å². The molecule has 0 spiro atoms. The first-order valence-electron chi connectivity index (χ1n) is 4.97. The minimum Gasteiger partial charge on any atom is -0.449 e. The van der Waals surface area contributed by atoms with E-state index in [2.05, 4.69) is 41.3 Å². The van der Waals surface area contributed by atoms with Gasteiger partial charge in [-0.2, -0.15) is 8.42 Å². The Morgan fingerprint density at radius 3 is 2.37 bits per heavy atom. The Hall–Kier alpha value is -1.000. The number of nitrogens with one attached hydrogen (secondary N) is 2. The van der Waals surface area contributed by atoms with E-state index in [0.717, 1.165) is 0 Å². The Morgan fingerprint density at radius 1 is 1.37 bits per heavy atom. The highest BCUT2D eigenvalue weighted by Crippen LogP contribution is 2.33. The van der Waals surface area contributed by atoms with Crippen LogP contribution in [0.3, 0.4) is 0 Å². The van der Waals surface area contributed by atoms with Crippen LogP contribution >= 0.6 is 31.9 Å². The van der Waals surface area contributed by atoms with Crippen LogP contribution in [-0.4, -0.2) is 21.1 Å². The molecule has 0 atom stereocenters. The third-order valence-corrected chi connectivity index (χ3v) is 3.95. The number of benzene rings is 1. The second-order valence-electron chi connectivity index (χ2n) is 3.29. The van der Waals surface area contributed by atoms with E-state index < -0.39 is 16.3 Å². The van der Waals surface area contributed by atoms with Crippen LogP contribution < -0.4 is 15.2 Å². The number of nitrogen functional groups attached to an aromatic ring is 1. The number of carbonyl (C=O) groups excluding carboxylic acids is 1. The molecule has 0 saturated carbocycles. The molecule has 0 saturated heterocycles. The molecule has 1 aromatic rings. The van der Waals surface area contributed by atoms with Crippen molar-refractivity contribution in [3.05, 3.63) is 21.1 Å². The van der Waals surface area contributed by atoms with Crippen molar-refractivity contribution in [2.45, 2.75) is 6.92 Å². The summed E-state index contributed by atoms with van der Waals surface area (Å²) in [5.41, 5.74) is 6.24. The molecule has 4 N–H and O–H groups in total. The van der Waals surface area contributed by atoms with Gasteiger partial charge in [0.25, 0.3) is 0 Å². The summed E-state index contributed by atoms with van der Waals surface area (Å²) in [5, 5.41) is 0. The highest BCUT2D eigenvalue weighted by Gasteiger charge is 2.18. The van der Waals surface area contributed by atoms with E-state index in [1.165, 1.54) is 12.1 Å². The summed E-state index contributed by atoms with van der Waals surface area (Å²) in [4.78, 5) is 11.1. The normalized spacial score (nSPS) is 10.9. The fraction of sp³-hybridized carbons (Fsp3) is 0.222. The van der Waals surface area contributed by atoms with Gasteiger partial charge in [-0.3, -0.25) is 4.72 Å². The summed E-state index contributed by atoms with van der Waals surface area (Å²) in [6.45, 7) is 1.63. The summed E-state index contributed by atoms with van der Waals surface area (Å²) in [6.07, 6.45) is -1.06. The second kappa shape index (κ2) is 6.44. The van der Waals surface area contributed by atoms with Crippen molar-refractivity contribution in [3.8, 4) is 0 Å². The number of hydrogen-bond acceptors (Lipinski definition) is 5. The SMILES string of the molecule is CCOC(=O)NS(=O)(=O)Nc1c(Br)cc(N)cc1Br. The molecule has 1 rings (SSSR count). The molecule has 0 aliphatic heterocycles. The van der Waals surface area contributed by atoms with Gasteiger partial charge in [-0.05, 0) is 50.9 Å². The molecule has 0 unspecified atom stereocenters. The lowest BCUT2D eigenvalue weighted by Crippen LogP contribution is -2.35. The average Bonchev–Trinajstić information content (AvgIpc) is 2.23. The Balaban J connectivity index is 2.93. The number of nitrogens with two attached hydrogens (primary N) is 1. The van der Waals surface area contributed by atoms with Gasteiger partial charge >= 0.3 is 16.3 Å². The summed E-state index contributed by atoms with van der Waals surface area (Å²) in [6, 6.07) is 3.04. The monoisotopic (exact) mass is 415 g/mol. The van der Waals surface area contributed by atoms with Gasteiger partial charge in [0.05, 0.1) is 12.3 Å². The number of hydrogen-bond donors (Lipinski definition) is 3. The molecule has 0 radical (unpaired) electrons. The summed E-state index contributed by atoms with van der Waals surface area (Å²) < 4.78 is 32.6. The molecular formula is C9H11Br2N3O4S. The fourth-order valence-corrected chi connectivity index (χ4v) is 3.62. The van der Waals surface area contributed by atoms with Crippen molar-refractivity contribution in [2.75, 3.05) is 17.1 Å². The van der Waals surface area contributed by atoms with E-state index in [9.17, 15) is 13.2 Å². The number of carbonyl (C=O) groups is 1. The molecule has 19 heavy (non-hydrogen) atoms. The summed E-state index contributed by atoms with van der Waals surface area (Å²) >= 11 is 6.33. The van der Waals surface area contributed by atoms with Gasteiger partial charge in [0.1, 0.15) is 0 Å². The maximum atomic E-state index is 11.7. The highest BCUT2D eigenvalue weighted by atomic mass is 79.9. The first-order chi connectivity index (χ1) is 8.75. The maximum Gasteiger partial charge on any atom is 0.422 e. The minimum absolute atomic E-state index is 0.0661. The minimum atomic E-state index is -4.09. The van der Waals surface area contributed by atoms with Crippen LogP contribution in [0.5, 0.6) is 0 Å². The third kappa shape index (κ3) is 4.88. The smallest absolute Gasteiger partial charge is 0.422 e. The van der Waals surface area contributed by atoms with Crippen molar-refractivity contribution < 1.29 is 17.9 Å². The molecule has 1 amide bonds. The van der Waals surface area contributed by atoms with Crippen molar-refractivity contribution in [1.29, 1.82) is 0 Å². The van der Waals surface area contributed by atoms with E-state index in [1.807, 2.05) is 0 Å². The Labute approximate surface area is 127 Å². The maximum absolute atomic E-state index is 11.7. The van der Waals surface area contributed by atoms with Gasteiger partial charge in [0, 0.05) is 14.6 Å². The Bertz CT molecular complexity index is 568. The lowest BCUT2D eigenvalue weighted by Gasteiger charge is -2.12. The number of anilines is 2. The molecule has 0 bridgehead atoms. The van der Waals surface area contributed by atoms with Crippen molar-refractivity contribution in [2.24, 2.45) is 0 Å². The molecule has 1 aromatic carbocycles. The molecule has 0 fully saturated rings. The highest BCUT2D eigenvalue weighted by molar-refractivity contribution is 9.11. The van der Waals surface area contributed by atoms with Crippen molar-refractivity contribution in [1.82, 2.24) is 4.72 Å². The lowest BCUT2D eigenvalue weighted by atomic mass is 10.3. The molecule has 10 heteroatoms. The number of halogens is 2. The first-order valence-corrected chi connectivity index (χ1v) is 8.04. The molecule has 7 nitrogen and oxygen atoms in total. The van der Waals surface area contributed by atoms with Gasteiger partial charge in [-0.15, -0.1) is 0 Å². The van der Waals surface area contributed by atoms with Crippen LogP contribution in [0.15, 0.2) is 21.1 Å². The van der Waals surface area contributed by atoms with Gasteiger partial charge in [0.2, 0.25) is 0 Å². The summed E-state index contributed by atoms with van der Waals surface area (Å²) in [5.74, 6) is 0. The van der Waals surface area contributed by atoms with Crippen molar-refractivity contribution >= 4 is 59.5 Å². The van der Waals surface area contributed by atoms with Gasteiger partial charge in [0.15, 0.2) is 0 Å². The van der Waals surface area contributed by atoms with Crippen LogP contribution in [0, 0.1) is 0 Å². The zero-order valence-corrected chi connectivity index (χ0v) is 13.7. The molecule has 0 aromatic heterocycles. The lowest BCUT2D eigenvalue weighted by molar-refractivity contribution is 0.159. The standard InChI is InChI=1S/C9H11Br2N3O4S/c1-2-18-9(15)14-19(16,17)13-8-6(10)3-5(12)4-7(8)11/h3-4,13H,2,12H2,1H3,(H,14,15). The second-order valence-corrected chi connectivity index (χ2v) is 6.41. The largest absolute Gasteiger partial charge is 0.449 e. The zero-order valence-electron chi connectivity index (χ0n) is 9.74. The predicted molar refractivity (Wildman–Crippen MR) is 79.0 cm³/mol. The van der Waals surface area contributed by atoms with Gasteiger partial charge in [-0.25, -0.2) is 9.52 Å². The van der Waals surface area contributed by atoms with E-state index in [0.29, 0.717) is 14.6 Å². The molecule has 106 valence electrons. The quantitative estimate of drug-likeness (QED) is 0.651. The Morgan fingerprint density at radius 2 is 1.89 bits per heavy atom. The topological polar surface area (TPSA) is 111 Å². The molecule has 0 aliphatic rings. The van der Waals surface area contributed by atoms with Crippen LogP contribution in [0.25, 0.3) is 0 Å². The molecule has 0 aliphatic carbocycles.